The van der Waals surface area contributed by atoms with Crippen molar-refractivity contribution >= 4 is 10.8 Å². The van der Waals surface area contributed by atoms with E-state index < -0.39 is 0 Å². The van der Waals surface area contributed by atoms with Gasteiger partial charge in [0.25, 0.3) is 0 Å². The maximum atomic E-state index is 5.66. The number of fused-ring (bicyclic) bond motifs is 1. The summed E-state index contributed by atoms with van der Waals surface area (Å²) in [5.41, 5.74) is 4.34. The Morgan fingerprint density at radius 3 is 2.94 bits per heavy atom. The second-order valence-electron chi connectivity index (χ2n) is 4.90. The Morgan fingerprint density at radius 1 is 1.17 bits per heavy atom. The van der Waals surface area contributed by atoms with Gasteiger partial charge in [0.2, 0.25) is 0 Å². The number of nitrogens with one attached hydrogen (secondary N) is 1. The van der Waals surface area contributed by atoms with Gasteiger partial charge in [-0.25, -0.2) is 0 Å². The van der Waals surface area contributed by atoms with Crippen LogP contribution in [0.25, 0.3) is 10.8 Å². The first kappa shape index (κ1) is 11.6. The predicted molar refractivity (Wildman–Crippen MR) is 71.9 cm³/mol. The number of aromatic nitrogens is 1. The Labute approximate surface area is 107 Å². The Balaban J connectivity index is 1.60. The molecular weight excluding hydrogens is 224 g/mol. The van der Waals surface area contributed by atoms with E-state index in [2.05, 4.69) is 28.7 Å². The lowest BCUT2D eigenvalue weighted by molar-refractivity contribution is -0.0243. The van der Waals surface area contributed by atoms with Crippen LogP contribution in [0.5, 0.6) is 0 Å². The predicted octanol–water partition coefficient (Wildman–Crippen LogP) is 3.20. The Bertz CT molecular complexity index is 521. The van der Waals surface area contributed by atoms with E-state index in [0.717, 1.165) is 6.54 Å². The largest absolute Gasteiger partial charge is 0.298 e. The van der Waals surface area contributed by atoms with Crippen molar-refractivity contribution in [2.75, 3.05) is 0 Å². The molecule has 0 aliphatic heterocycles. The fraction of sp³-hybridized carbons (Fsp3) is 0.400. The van der Waals surface area contributed by atoms with E-state index in [4.69, 9.17) is 4.84 Å². The molecule has 1 aromatic carbocycles. The van der Waals surface area contributed by atoms with E-state index in [-0.39, 0.29) is 0 Å². The molecule has 0 bridgehead atoms. The Morgan fingerprint density at radius 2 is 2.06 bits per heavy atom. The molecule has 1 aromatic heterocycles. The van der Waals surface area contributed by atoms with Gasteiger partial charge >= 0.3 is 0 Å². The number of pyridine rings is 1. The van der Waals surface area contributed by atoms with Gasteiger partial charge in [-0.2, -0.15) is 5.48 Å². The van der Waals surface area contributed by atoms with Gasteiger partial charge in [0.05, 0.1) is 6.10 Å². The highest BCUT2D eigenvalue weighted by Gasteiger charge is 2.15. The van der Waals surface area contributed by atoms with E-state index in [1.807, 2.05) is 18.5 Å². The SMILES string of the molecule is c1cc2cc(CNOC3CCCC3)ccc2cn1. The van der Waals surface area contributed by atoms with Crippen LogP contribution in [0.15, 0.2) is 36.7 Å². The van der Waals surface area contributed by atoms with E-state index >= 15 is 0 Å². The average molecular weight is 242 g/mol. The van der Waals surface area contributed by atoms with E-state index in [9.17, 15) is 0 Å². The van der Waals surface area contributed by atoms with Gasteiger partial charge in [-0.15, -0.1) is 0 Å². The van der Waals surface area contributed by atoms with Crippen LogP contribution in [0.4, 0.5) is 0 Å². The molecule has 3 nitrogen and oxygen atoms in total. The number of hydrogen-bond donors (Lipinski definition) is 1. The van der Waals surface area contributed by atoms with Gasteiger partial charge in [0.15, 0.2) is 0 Å². The van der Waals surface area contributed by atoms with Crippen molar-refractivity contribution in [1.29, 1.82) is 0 Å². The third kappa shape index (κ3) is 2.68. The lowest BCUT2D eigenvalue weighted by Gasteiger charge is -2.11. The first-order valence-corrected chi connectivity index (χ1v) is 6.63. The van der Waals surface area contributed by atoms with Crippen LogP contribution in [0.3, 0.4) is 0 Å². The topological polar surface area (TPSA) is 34.1 Å². The van der Waals surface area contributed by atoms with Gasteiger partial charge in [-0.3, -0.25) is 9.82 Å². The minimum absolute atomic E-state index is 0.412. The van der Waals surface area contributed by atoms with Crippen molar-refractivity contribution < 1.29 is 4.84 Å². The number of benzene rings is 1. The van der Waals surface area contributed by atoms with E-state index in [1.54, 1.807) is 0 Å². The maximum Gasteiger partial charge on any atom is 0.0790 e. The molecule has 1 saturated carbocycles. The third-order valence-corrected chi connectivity index (χ3v) is 3.53. The molecule has 1 aliphatic rings. The summed E-state index contributed by atoms with van der Waals surface area (Å²) in [6.07, 6.45) is 9.11. The van der Waals surface area contributed by atoms with Crippen molar-refractivity contribution in [2.24, 2.45) is 0 Å². The summed E-state index contributed by atoms with van der Waals surface area (Å²) in [7, 11) is 0. The molecule has 0 saturated heterocycles. The highest BCUT2D eigenvalue weighted by Crippen LogP contribution is 2.20. The van der Waals surface area contributed by atoms with Gasteiger partial charge in [0.1, 0.15) is 0 Å². The lowest BCUT2D eigenvalue weighted by atomic mass is 10.1. The Hall–Kier alpha value is -1.45. The summed E-state index contributed by atoms with van der Waals surface area (Å²) < 4.78 is 0. The zero-order chi connectivity index (χ0) is 12.2. The highest BCUT2D eigenvalue weighted by molar-refractivity contribution is 5.81. The quantitative estimate of drug-likeness (QED) is 0.836. The molecule has 1 heterocycles. The van der Waals surface area contributed by atoms with Crippen LogP contribution in [0, 0.1) is 0 Å². The second-order valence-corrected chi connectivity index (χ2v) is 4.90. The van der Waals surface area contributed by atoms with Gasteiger partial charge in [-0.1, -0.05) is 25.0 Å². The number of rotatable bonds is 4. The molecule has 0 unspecified atom stereocenters. The van der Waals surface area contributed by atoms with Crippen LogP contribution >= 0.6 is 0 Å². The first-order valence-electron chi connectivity index (χ1n) is 6.63. The summed E-state index contributed by atoms with van der Waals surface area (Å²) in [6, 6.07) is 8.45. The zero-order valence-electron chi connectivity index (χ0n) is 10.4. The molecule has 3 heteroatoms. The monoisotopic (exact) mass is 242 g/mol. The van der Waals surface area contributed by atoms with E-state index in [1.165, 1.54) is 42.0 Å². The minimum atomic E-state index is 0.412. The van der Waals surface area contributed by atoms with Crippen molar-refractivity contribution in [3.63, 3.8) is 0 Å². The first-order chi connectivity index (χ1) is 8.92. The molecule has 3 rings (SSSR count). The molecule has 18 heavy (non-hydrogen) atoms. The molecule has 1 aliphatic carbocycles. The second kappa shape index (κ2) is 5.46. The van der Waals surface area contributed by atoms with Crippen molar-refractivity contribution in [2.45, 2.75) is 38.3 Å². The fourth-order valence-corrected chi connectivity index (χ4v) is 2.49. The summed E-state index contributed by atoms with van der Waals surface area (Å²) in [4.78, 5) is 9.77. The van der Waals surface area contributed by atoms with Crippen molar-refractivity contribution in [1.82, 2.24) is 10.5 Å². The molecule has 1 fully saturated rings. The molecule has 0 atom stereocenters. The summed E-state index contributed by atoms with van der Waals surface area (Å²) in [5, 5.41) is 2.41. The van der Waals surface area contributed by atoms with Crippen LogP contribution in [-0.2, 0) is 11.4 Å². The zero-order valence-corrected chi connectivity index (χ0v) is 10.4. The molecule has 1 N–H and O–H groups in total. The molecule has 0 radical (unpaired) electrons. The van der Waals surface area contributed by atoms with Gasteiger partial charge < -0.3 is 0 Å². The van der Waals surface area contributed by atoms with Crippen LogP contribution < -0.4 is 5.48 Å². The average Bonchev–Trinajstić information content (AvgIpc) is 2.92. The van der Waals surface area contributed by atoms with Crippen LogP contribution in [-0.4, -0.2) is 11.1 Å². The van der Waals surface area contributed by atoms with Crippen LogP contribution in [0.1, 0.15) is 31.2 Å². The van der Waals surface area contributed by atoms with Gasteiger partial charge in [0, 0.05) is 24.3 Å². The molecule has 0 spiro atoms. The lowest BCUT2D eigenvalue weighted by Crippen LogP contribution is -2.21. The number of nitrogens with zero attached hydrogens (tertiary/aromatic N) is 1. The molecular formula is C15H18N2O. The maximum absolute atomic E-state index is 5.66. The summed E-state index contributed by atoms with van der Waals surface area (Å²) in [5.74, 6) is 0. The molecule has 2 aromatic rings. The van der Waals surface area contributed by atoms with Gasteiger partial charge in [-0.05, 0) is 35.9 Å². The molecule has 0 amide bonds. The normalized spacial score (nSPS) is 16.4. The highest BCUT2D eigenvalue weighted by atomic mass is 16.7. The third-order valence-electron chi connectivity index (χ3n) is 3.53. The molecule has 94 valence electrons. The van der Waals surface area contributed by atoms with Crippen molar-refractivity contribution in [3.05, 3.63) is 42.2 Å². The summed E-state index contributed by atoms with van der Waals surface area (Å²) >= 11 is 0. The van der Waals surface area contributed by atoms with Crippen molar-refractivity contribution in [3.8, 4) is 0 Å². The standard InChI is InChI=1S/C15H18N2O/c1-2-4-15(3-1)18-17-10-12-5-6-14-11-16-8-7-13(14)9-12/h5-9,11,15,17H,1-4,10H2. The summed E-state index contributed by atoms with van der Waals surface area (Å²) in [6.45, 7) is 0.759. The minimum Gasteiger partial charge on any atom is -0.298 e. The van der Waals surface area contributed by atoms with Crippen LogP contribution in [0.2, 0.25) is 0 Å². The van der Waals surface area contributed by atoms with E-state index in [0.29, 0.717) is 6.10 Å². The fourth-order valence-electron chi connectivity index (χ4n) is 2.49. The number of hydrogen-bond acceptors (Lipinski definition) is 3. The number of hydroxylamine groups is 1. The smallest absolute Gasteiger partial charge is 0.0790 e. The Kier molecular flexibility index (Phi) is 3.53.